The average molecular weight is 330 g/mol. The molecular weight excluding hydrogens is 299 g/mol. The lowest BCUT2D eigenvalue weighted by Crippen LogP contribution is -2.41. The van der Waals surface area contributed by atoms with Gasteiger partial charge in [0.05, 0.1) is 28.6 Å². The highest BCUT2D eigenvalue weighted by molar-refractivity contribution is 6.62. The molecule has 0 amide bonds. The first-order chi connectivity index (χ1) is 11.3. The normalized spacial score (nSPS) is 18.5. The van der Waals surface area contributed by atoms with Gasteiger partial charge in [0.1, 0.15) is 0 Å². The van der Waals surface area contributed by atoms with Crippen LogP contribution in [0.5, 0.6) is 0 Å². The second-order valence-electron chi connectivity index (χ2n) is 7.13. The Hall–Kier alpha value is -1.33. The second kappa shape index (κ2) is 7.28. The third-order valence-electron chi connectivity index (χ3n) is 4.92. The average Bonchev–Trinajstić information content (AvgIpc) is 3.04. The lowest BCUT2D eigenvalue weighted by molar-refractivity contribution is 0.00578. The van der Waals surface area contributed by atoms with E-state index in [1.807, 2.05) is 20.2 Å². The Labute approximate surface area is 146 Å². The minimum absolute atomic E-state index is 0.312. The molecule has 0 unspecified atom stereocenters. The van der Waals surface area contributed by atoms with E-state index in [2.05, 4.69) is 62.4 Å². The summed E-state index contributed by atoms with van der Waals surface area (Å²) in [6, 6.07) is 6.30. The van der Waals surface area contributed by atoms with Crippen molar-refractivity contribution in [2.45, 2.75) is 79.1 Å². The predicted molar refractivity (Wildman–Crippen MR) is 102 cm³/mol. The quantitative estimate of drug-likeness (QED) is 0.790. The molecule has 5 heteroatoms. The number of aromatic nitrogens is 2. The molecule has 0 bridgehead atoms. The summed E-state index contributed by atoms with van der Waals surface area (Å²) < 4.78 is 14.4. The highest BCUT2D eigenvalue weighted by Crippen LogP contribution is 2.36. The van der Waals surface area contributed by atoms with Gasteiger partial charge in [0.15, 0.2) is 0 Å². The van der Waals surface area contributed by atoms with Crippen LogP contribution >= 0.6 is 0 Å². The molecule has 132 valence electrons. The van der Waals surface area contributed by atoms with Gasteiger partial charge in [0.25, 0.3) is 0 Å². The fraction of sp³-hybridized carbons (Fsp3) is 0.632. The molecule has 0 spiro atoms. The van der Waals surface area contributed by atoms with Crippen molar-refractivity contribution in [3.63, 3.8) is 0 Å². The summed E-state index contributed by atoms with van der Waals surface area (Å²) in [4.78, 5) is 4.53. The van der Waals surface area contributed by atoms with Gasteiger partial charge in [-0.05, 0) is 51.7 Å². The van der Waals surface area contributed by atoms with Gasteiger partial charge in [-0.15, -0.1) is 0 Å². The molecule has 2 heterocycles. The highest BCUT2D eigenvalue weighted by atomic mass is 16.7. The van der Waals surface area contributed by atoms with Crippen LogP contribution in [0.2, 0.25) is 0 Å². The van der Waals surface area contributed by atoms with Crippen molar-refractivity contribution < 1.29 is 9.31 Å². The van der Waals surface area contributed by atoms with Crippen molar-refractivity contribution in [1.29, 1.82) is 0 Å². The Morgan fingerprint density at radius 2 is 1.71 bits per heavy atom. The number of fused-ring (bicyclic) bond motifs is 1. The maximum atomic E-state index is 6.11. The van der Waals surface area contributed by atoms with E-state index in [-0.39, 0.29) is 18.3 Å². The first-order valence-electron chi connectivity index (χ1n) is 9.14. The van der Waals surface area contributed by atoms with Gasteiger partial charge in [0.2, 0.25) is 0 Å². The number of unbranched alkanes of at least 4 members (excludes halogenated alkanes) is 1. The summed E-state index contributed by atoms with van der Waals surface area (Å²) in [5.41, 5.74) is 2.59. The first kappa shape index (κ1) is 19.0. The molecule has 0 N–H and O–H groups in total. The maximum absolute atomic E-state index is 6.11. The lowest BCUT2D eigenvalue weighted by Gasteiger charge is -2.32. The van der Waals surface area contributed by atoms with Crippen LogP contribution in [0.1, 0.15) is 61.3 Å². The second-order valence-corrected chi connectivity index (χ2v) is 7.13. The SMILES string of the molecule is CC.CCCCn1cnc2cc(B3OC(C)(C)C(C)(C)O3)ccc21. The molecule has 1 aliphatic heterocycles. The van der Waals surface area contributed by atoms with E-state index < -0.39 is 0 Å². The number of benzene rings is 1. The number of nitrogens with zero attached hydrogens (tertiary/aromatic N) is 2. The first-order valence-corrected chi connectivity index (χ1v) is 9.14. The van der Waals surface area contributed by atoms with Crippen molar-refractivity contribution in [3.8, 4) is 0 Å². The molecule has 24 heavy (non-hydrogen) atoms. The Morgan fingerprint density at radius 1 is 1.08 bits per heavy atom. The zero-order valence-corrected chi connectivity index (χ0v) is 16.2. The number of hydrogen-bond acceptors (Lipinski definition) is 3. The van der Waals surface area contributed by atoms with Gasteiger partial charge >= 0.3 is 7.12 Å². The minimum Gasteiger partial charge on any atom is -0.399 e. The summed E-state index contributed by atoms with van der Waals surface area (Å²) in [5, 5.41) is 0. The zero-order chi connectivity index (χ0) is 18.0. The molecular formula is C19H31BN2O2. The van der Waals surface area contributed by atoms with Gasteiger partial charge in [-0.25, -0.2) is 4.98 Å². The van der Waals surface area contributed by atoms with Crippen LogP contribution in [0.3, 0.4) is 0 Å². The fourth-order valence-corrected chi connectivity index (χ4v) is 2.71. The number of imidazole rings is 1. The maximum Gasteiger partial charge on any atom is 0.494 e. The summed E-state index contributed by atoms with van der Waals surface area (Å²) >= 11 is 0. The van der Waals surface area contributed by atoms with Crippen LogP contribution < -0.4 is 5.46 Å². The van der Waals surface area contributed by atoms with Crippen LogP contribution in [0, 0.1) is 0 Å². The Balaban J connectivity index is 0.00000100. The molecule has 1 fully saturated rings. The van der Waals surface area contributed by atoms with Crippen molar-refractivity contribution in [2.24, 2.45) is 0 Å². The van der Waals surface area contributed by atoms with E-state index >= 15 is 0 Å². The van der Waals surface area contributed by atoms with E-state index in [1.165, 1.54) is 18.4 Å². The Kier molecular flexibility index (Phi) is 5.76. The predicted octanol–water partition coefficient (Wildman–Crippen LogP) is 4.16. The van der Waals surface area contributed by atoms with Crippen molar-refractivity contribution in [1.82, 2.24) is 9.55 Å². The van der Waals surface area contributed by atoms with E-state index in [0.717, 1.165) is 17.5 Å². The van der Waals surface area contributed by atoms with Crippen molar-refractivity contribution >= 4 is 23.6 Å². The van der Waals surface area contributed by atoms with Crippen molar-refractivity contribution in [3.05, 3.63) is 24.5 Å². The standard InChI is InChI=1S/C17H25BN2O2.C2H6/c1-6-7-10-20-12-19-14-11-13(8-9-15(14)20)18-21-16(2,3)17(4,5)22-18;1-2/h8-9,11-12H,6-7,10H2,1-5H3;1-2H3. The van der Waals surface area contributed by atoms with Crippen LogP contribution in [0.25, 0.3) is 11.0 Å². The Bertz CT molecular complexity index is 663. The van der Waals surface area contributed by atoms with Gasteiger partial charge in [-0.2, -0.15) is 0 Å². The topological polar surface area (TPSA) is 36.3 Å². The fourth-order valence-electron chi connectivity index (χ4n) is 2.71. The van der Waals surface area contributed by atoms with E-state index in [4.69, 9.17) is 9.31 Å². The van der Waals surface area contributed by atoms with Crippen molar-refractivity contribution in [2.75, 3.05) is 0 Å². The highest BCUT2D eigenvalue weighted by Gasteiger charge is 2.51. The Morgan fingerprint density at radius 3 is 2.29 bits per heavy atom. The molecule has 0 radical (unpaired) electrons. The van der Waals surface area contributed by atoms with Crippen LogP contribution in [0.15, 0.2) is 24.5 Å². The molecule has 0 aliphatic carbocycles. The summed E-state index contributed by atoms with van der Waals surface area (Å²) in [6.45, 7) is 15.5. The molecule has 1 aliphatic rings. The molecule has 2 aromatic rings. The van der Waals surface area contributed by atoms with Gasteiger partial charge < -0.3 is 13.9 Å². The molecule has 0 saturated carbocycles. The van der Waals surface area contributed by atoms with Crippen LogP contribution in [0.4, 0.5) is 0 Å². The van der Waals surface area contributed by atoms with Crippen LogP contribution in [-0.4, -0.2) is 27.9 Å². The summed E-state index contributed by atoms with van der Waals surface area (Å²) in [5.74, 6) is 0. The zero-order valence-electron chi connectivity index (χ0n) is 16.2. The number of hydrogen-bond donors (Lipinski definition) is 0. The third-order valence-corrected chi connectivity index (χ3v) is 4.92. The van der Waals surface area contributed by atoms with Gasteiger partial charge in [-0.1, -0.05) is 33.3 Å². The number of rotatable bonds is 4. The third kappa shape index (κ3) is 3.52. The molecule has 3 rings (SSSR count). The van der Waals surface area contributed by atoms with E-state index in [0.29, 0.717) is 0 Å². The van der Waals surface area contributed by atoms with E-state index in [9.17, 15) is 0 Å². The summed E-state index contributed by atoms with van der Waals surface area (Å²) in [7, 11) is -0.324. The van der Waals surface area contributed by atoms with Gasteiger partial charge in [0, 0.05) is 6.54 Å². The molecule has 1 aromatic carbocycles. The smallest absolute Gasteiger partial charge is 0.399 e. The minimum atomic E-state index is -0.324. The molecule has 0 atom stereocenters. The summed E-state index contributed by atoms with van der Waals surface area (Å²) in [6.07, 6.45) is 4.28. The van der Waals surface area contributed by atoms with Gasteiger partial charge in [-0.3, -0.25) is 0 Å². The molecule has 4 nitrogen and oxygen atoms in total. The molecule has 1 saturated heterocycles. The number of aryl methyl sites for hydroxylation is 1. The van der Waals surface area contributed by atoms with E-state index in [1.54, 1.807) is 0 Å². The molecule has 1 aromatic heterocycles. The van der Waals surface area contributed by atoms with Crippen LogP contribution in [-0.2, 0) is 15.9 Å². The largest absolute Gasteiger partial charge is 0.494 e. The monoisotopic (exact) mass is 330 g/mol. The lowest BCUT2D eigenvalue weighted by atomic mass is 9.79.